The van der Waals surface area contributed by atoms with Crippen LogP contribution in [-0.4, -0.2) is 22.5 Å². The summed E-state index contributed by atoms with van der Waals surface area (Å²) >= 11 is 0. The van der Waals surface area contributed by atoms with Gasteiger partial charge in [0.2, 0.25) is 0 Å². The van der Waals surface area contributed by atoms with E-state index in [-0.39, 0.29) is 12.1 Å². The quantitative estimate of drug-likeness (QED) is 0.860. The molecule has 26 heavy (non-hydrogen) atoms. The molecule has 0 aliphatic carbocycles. The number of nitrogens with one attached hydrogen (secondary N) is 1. The van der Waals surface area contributed by atoms with E-state index >= 15 is 0 Å². The van der Waals surface area contributed by atoms with Gasteiger partial charge in [0, 0.05) is 18.9 Å². The third-order valence-electron chi connectivity index (χ3n) is 4.89. The summed E-state index contributed by atoms with van der Waals surface area (Å²) in [4.78, 5) is 18.8. The number of hydrogen-bond donors (Lipinski definition) is 1. The van der Waals surface area contributed by atoms with Crippen LogP contribution in [0, 0.1) is 11.6 Å². The van der Waals surface area contributed by atoms with Crippen LogP contribution in [0.2, 0.25) is 0 Å². The first-order valence-corrected chi connectivity index (χ1v) is 8.98. The third kappa shape index (κ3) is 4.18. The van der Waals surface area contributed by atoms with Gasteiger partial charge in [-0.05, 0) is 55.2 Å². The van der Waals surface area contributed by atoms with Gasteiger partial charge in [-0.2, -0.15) is 0 Å². The molecular formula is C20H23F2N3O. The molecule has 2 aromatic rings. The number of carbonyl (C=O) groups excluding carboxylic acids is 1. The van der Waals surface area contributed by atoms with Crippen LogP contribution >= 0.6 is 0 Å². The Kier molecular flexibility index (Phi) is 5.81. The fourth-order valence-corrected chi connectivity index (χ4v) is 3.42. The first-order chi connectivity index (χ1) is 12.6. The lowest BCUT2D eigenvalue weighted by molar-refractivity contribution is 0.172. The van der Waals surface area contributed by atoms with Crippen LogP contribution in [-0.2, 0) is 0 Å². The Morgan fingerprint density at radius 2 is 1.92 bits per heavy atom. The Morgan fingerprint density at radius 1 is 1.15 bits per heavy atom. The molecule has 1 saturated heterocycles. The number of hydrogen-bond acceptors (Lipinski definition) is 2. The van der Waals surface area contributed by atoms with Crippen LogP contribution < -0.4 is 5.32 Å². The zero-order valence-electron chi connectivity index (χ0n) is 14.8. The standard InChI is InChI=1S/C20H23F2N3O/c1-14(16-6-7-17(21)18(22)13-16)24-20(26)25-12-4-2-3-5-19(25)15-8-10-23-11-9-15/h6-11,13-14,19H,2-5,12H2,1H3,(H,24,26). The maximum absolute atomic E-state index is 13.5. The van der Waals surface area contributed by atoms with E-state index in [0.29, 0.717) is 12.1 Å². The number of nitrogens with zero attached hydrogens (tertiary/aromatic N) is 2. The van der Waals surface area contributed by atoms with E-state index in [1.807, 2.05) is 17.0 Å². The minimum absolute atomic E-state index is 0.00217. The molecule has 1 aromatic heterocycles. The molecule has 2 unspecified atom stereocenters. The number of likely N-dealkylation sites (tertiary alicyclic amines) is 1. The van der Waals surface area contributed by atoms with Gasteiger partial charge >= 0.3 is 6.03 Å². The zero-order valence-corrected chi connectivity index (χ0v) is 14.8. The number of urea groups is 1. The molecule has 0 spiro atoms. The molecule has 1 aliphatic rings. The number of benzene rings is 1. The molecule has 2 atom stereocenters. The van der Waals surface area contributed by atoms with Crippen LogP contribution in [0.15, 0.2) is 42.7 Å². The molecule has 2 amide bonds. The molecule has 1 aliphatic heterocycles. The highest BCUT2D eigenvalue weighted by Crippen LogP contribution is 2.30. The number of amides is 2. The van der Waals surface area contributed by atoms with E-state index in [1.165, 1.54) is 6.07 Å². The normalized spacial score (nSPS) is 18.9. The fourth-order valence-electron chi connectivity index (χ4n) is 3.42. The highest BCUT2D eigenvalue weighted by Gasteiger charge is 2.27. The Bertz CT molecular complexity index is 754. The van der Waals surface area contributed by atoms with Crippen molar-refractivity contribution in [3.63, 3.8) is 0 Å². The molecule has 2 heterocycles. The summed E-state index contributed by atoms with van der Waals surface area (Å²) in [5, 5.41) is 2.92. The van der Waals surface area contributed by atoms with Crippen molar-refractivity contribution in [2.45, 2.75) is 44.7 Å². The number of pyridine rings is 1. The summed E-state index contributed by atoms with van der Waals surface area (Å²) in [5.41, 5.74) is 1.60. The van der Waals surface area contributed by atoms with Crippen molar-refractivity contribution in [1.82, 2.24) is 15.2 Å². The van der Waals surface area contributed by atoms with Crippen molar-refractivity contribution in [3.05, 3.63) is 65.5 Å². The monoisotopic (exact) mass is 359 g/mol. The van der Waals surface area contributed by atoms with Gasteiger partial charge in [0.15, 0.2) is 11.6 Å². The molecule has 0 radical (unpaired) electrons. The molecular weight excluding hydrogens is 336 g/mol. The van der Waals surface area contributed by atoms with E-state index in [2.05, 4.69) is 10.3 Å². The van der Waals surface area contributed by atoms with Crippen LogP contribution in [0.5, 0.6) is 0 Å². The van der Waals surface area contributed by atoms with E-state index < -0.39 is 17.7 Å². The number of halogens is 2. The Hall–Kier alpha value is -2.50. The van der Waals surface area contributed by atoms with E-state index in [0.717, 1.165) is 43.4 Å². The van der Waals surface area contributed by atoms with Crippen molar-refractivity contribution >= 4 is 6.03 Å². The Morgan fingerprint density at radius 3 is 2.65 bits per heavy atom. The van der Waals surface area contributed by atoms with Gasteiger partial charge < -0.3 is 10.2 Å². The molecule has 1 fully saturated rings. The SMILES string of the molecule is CC(NC(=O)N1CCCCCC1c1ccncc1)c1ccc(F)c(F)c1. The molecule has 1 aromatic carbocycles. The van der Waals surface area contributed by atoms with E-state index in [9.17, 15) is 13.6 Å². The smallest absolute Gasteiger partial charge is 0.318 e. The van der Waals surface area contributed by atoms with Gasteiger partial charge in [-0.1, -0.05) is 18.9 Å². The molecule has 3 rings (SSSR count). The maximum Gasteiger partial charge on any atom is 0.318 e. The molecule has 6 heteroatoms. The minimum Gasteiger partial charge on any atom is -0.331 e. The Labute approximate surface area is 152 Å². The van der Waals surface area contributed by atoms with Crippen molar-refractivity contribution < 1.29 is 13.6 Å². The van der Waals surface area contributed by atoms with Crippen LogP contribution in [0.4, 0.5) is 13.6 Å². The van der Waals surface area contributed by atoms with Crippen LogP contribution in [0.25, 0.3) is 0 Å². The average molecular weight is 359 g/mol. The summed E-state index contributed by atoms with van der Waals surface area (Å²) < 4.78 is 26.6. The second kappa shape index (κ2) is 8.25. The Balaban J connectivity index is 1.76. The summed E-state index contributed by atoms with van der Waals surface area (Å²) in [5.74, 6) is -1.80. The number of carbonyl (C=O) groups is 1. The predicted molar refractivity (Wildman–Crippen MR) is 95.5 cm³/mol. The summed E-state index contributed by atoms with van der Waals surface area (Å²) in [7, 11) is 0. The van der Waals surface area contributed by atoms with Crippen molar-refractivity contribution in [2.24, 2.45) is 0 Å². The summed E-state index contributed by atoms with van der Waals surface area (Å²) in [6.07, 6.45) is 7.48. The van der Waals surface area contributed by atoms with Gasteiger partial charge in [0.05, 0.1) is 12.1 Å². The fraction of sp³-hybridized carbons (Fsp3) is 0.400. The van der Waals surface area contributed by atoms with Crippen LogP contribution in [0.3, 0.4) is 0 Å². The van der Waals surface area contributed by atoms with Crippen molar-refractivity contribution in [2.75, 3.05) is 6.54 Å². The topological polar surface area (TPSA) is 45.2 Å². The lowest BCUT2D eigenvalue weighted by Gasteiger charge is -2.31. The molecule has 4 nitrogen and oxygen atoms in total. The average Bonchev–Trinajstić information content (AvgIpc) is 2.90. The molecule has 0 saturated carbocycles. The first-order valence-electron chi connectivity index (χ1n) is 8.98. The van der Waals surface area contributed by atoms with Crippen molar-refractivity contribution in [3.8, 4) is 0 Å². The van der Waals surface area contributed by atoms with Crippen LogP contribution in [0.1, 0.15) is 55.8 Å². The second-order valence-electron chi connectivity index (χ2n) is 6.68. The van der Waals surface area contributed by atoms with Gasteiger partial charge in [-0.3, -0.25) is 4.98 Å². The lowest BCUT2D eigenvalue weighted by Crippen LogP contribution is -2.43. The van der Waals surface area contributed by atoms with Gasteiger partial charge in [-0.25, -0.2) is 13.6 Å². The lowest BCUT2D eigenvalue weighted by atomic mass is 10.0. The maximum atomic E-state index is 13.5. The highest BCUT2D eigenvalue weighted by atomic mass is 19.2. The van der Waals surface area contributed by atoms with Gasteiger partial charge in [-0.15, -0.1) is 0 Å². The molecule has 1 N–H and O–H groups in total. The minimum atomic E-state index is -0.909. The zero-order chi connectivity index (χ0) is 18.5. The summed E-state index contributed by atoms with van der Waals surface area (Å²) in [6, 6.07) is 6.97. The molecule has 138 valence electrons. The number of rotatable bonds is 3. The largest absolute Gasteiger partial charge is 0.331 e. The first kappa shape index (κ1) is 18.3. The summed E-state index contributed by atoms with van der Waals surface area (Å²) in [6.45, 7) is 2.44. The predicted octanol–water partition coefficient (Wildman–Crippen LogP) is 4.75. The van der Waals surface area contributed by atoms with E-state index in [4.69, 9.17) is 0 Å². The van der Waals surface area contributed by atoms with Gasteiger partial charge in [0.1, 0.15) is 0 Å². The highest BCUT2D eigenvalue weighted by molar-refractivity contribution is 5.75. The third-order valence-corrected chi connectivity index (χ3v) is 4.89. The molecule has 0 bridgehead atoms. The second-order valence-corrected chi connectivity index (χ2v) is 6.68. The number of aromatic nitrogens is 1. The van der Waals surface area contributed by atoms with Crippen molar-refractivity contribution in [1.29, 1.82) is 0 Å². The van der Waals surface area contributed by atoms with Gasteiger partial charge in [0.25, 0.3) is 0 Å². The van der Waals surface area contributed by atoms with E-state index in [1.54, 1.807) is 19.3 Å².